The zero-order valence-corrected chi connectivity index (χ0v) is 21.1. The van der Waals surface area contributed by atoms with E-state index in [-0.39, 0.29) is 11.7 Å². The van der Waals surface area contributed by atoms with E-state index in [0.717, 1.165) is 28.0 Å². The average Bonchev–Trinajstić information content (AvgIpc) is 3.18. The highest BCUT2D eigenvalue weighted by Crippen LogP contribution is 2.23. The van der Waals surface area contributed by atoms with E-state index in [9.17, 15) is 4.79 Å². The van der Waals surface area contributed by atoms with Crippen LogP contribution in [0.4, 0.5) is 5.69 Å². The van der Waals surface area contributed by atoms with E-state index in [1.165, 1.54) is 11.8 Å². The highest BCUT2D eigenvalue weighted by Gasteiger charge is 2.14. The second-order valence-corrected chi connectivity index (χ2v) is 9.09. The summed E-state index contributed by atoms with van der Waals surface area (Å²) in [4.78, 5) is 12.4. The number of methoxy groups -OCH3 is 1. The molecule has 0 unspecified atom stereocenters. The van der Waals surface area contributed by atoms with Crippen LogP contribution in [0.5, 0.6) is 11.5 Å². The Balaban J connectivity index is 1.52. The second kappa shape index (κ2) is 12.5. The monoisotopic (exact) mass is 530 g/mol. The zero-order valence-electron chi connectivity index (χ0n) is 18.7. The molecule has 3 aromatic rings. The molecule has 7 nitrogen and oxygen atoms in total. The Labute approximate surface area is 206 Å². The van der Waals surface area contributed by atoms with E-state index in [4.69, 9.17) is 9.47 Å². The lowest BCUT2D eigenvalue weighted by molar-refractivity contribution is -0.113. The topological polar surface area (TPSA) is 78.3 Å². The van der Waals surface area contributed by atoms with Crippen molar-refractivity contribution >= 4 is 39.3 Å². The number of benzene rings is 2. The molecule has 33 heavy (non-hydrogen) atoms. The molecule has 1 heterocycles. The average molecular weight is 531 g/mol. The van der Waals surface area contributed by atoms with E-state index >= 15 is 0 Å². The van der Waals surface area contributed by atoms with Crippen LogP contribution in [0.3, 0.4) is 0 Å². The number of nitrogens with one attached hydrogen (secondary N) is 1. The lowest BCUT2D eigenvalue weighted by Crippen LogP contribution is -2.15. The fraction of sp³-hybridized carbons (Fsp3) is 0.292. The van der Waals surface area contributed by atoms with Gasteiger partial charge in [-0.1, -0.05) is 39.8 Å². The largest absolute Gasteiger partial charge is 0.497 e. The van der Waals surface area contributed by atoms with Crippen molar-refractivity contribution in [1.82, 2.24) is 14.8 Å². The number of amides is 1. The maximum atomic E-state index is 12.4. The Kier molecular flexibility index (Phi) is 9.38. The molecule has 0 saturated heterocycles. The molecule has 1 N–H and O–H groups in total. The van der Waals surface area contributed by atoms with Crippen LogP contribution >= 0.6 is 27.7 Å². The first kappa shape index (κ1) is 24.9. The third-order valence-electron chi connectivity index (χ3n) is 4.73. The van der Waals surface area contributed by atoms with Crippen molar-refractivity contribution in [3.63, 3.8) is 0 Å². The van der Waals surface area contributed by atoms with Gasteiger partial charge in [0.05, 0.1) is 19.5 Å². The van der Waals surface area contributed by atoms with Gasteiger partial charge >= 0.3 is 0 Å². The number of allylic oxidation sites excluding steroid dienone is 1. The number of carbonyl (C=O) groups is 1. The Morgan fingerprint density at radius 1 is 1.27 bits per heavy atom. The molecule has 0 saturated carbocycles. The van der Waals surface area contributed by atoms with E-state index in [2.05, 4.69) is 38.0 Å². The number of nitrogens with zero attached hydrogens (tertiary/aromatic N) is 3. The molecule has 0 radical (unpaired) electrons. The SMILES string of the molecule is C=CCn1c(CCCOc2ccc(Br)cc2C)nnc1SCC(=O)Nc1cccc(OC)c1. The first-order chi connectivity index (χ1) is 16.0. The van der Waals surface area contributed by atoms with Crippen LogP contribution in [0.1, 0.15) is 17.8 Å². The number of anilines is 1. The number of hydrogen-bond acceptors (Lipinski definition) is 6. The Bertz CT molecular complexity index is 1100. The second-order valence-electron chi connectivity index (χ2n) is 7.23. The quantitative estimate of drug-likeness (QED) is 0.195. The summed E-state index contributed by atoms with van der Waals surface area (Å²) in [6.07, 6.45) is 3.31. The molecule has 0 spiro atoms. The van der Waals surface area contributed by atoms with Gasteiger partial charge < -0.3 is 19.4 Å². The van der Waals surface area contributed by atoms with Gasteiger partial charge in [-0.15, -0.1) is 16.8 Å². The first-order valence-electron chi connectivity index (χ1n) is 10.5. The maximum Gasteiger partial charge on any atom is 0.234 e. The Morgan fingerprint density at radius 3 is 2.88 bits per heavy atom. The minimum atomic E-state index is -0.124. The third-order valence-corrected chi connectivity index (χ3v) is 6.19. The minimum Gasteiger partial charge on any atom is -0.497 e. The van der Waals surface area contributed by atoms with Gasteiger partial charge in [-0.3, -0.25) is 4.79 Å². The highest BCUT2D eigenvalue weighted by atomic mass is 79.9. The standard InChI is InChI=1S/C24H27BrN4O3S/c1-4-12-29-22(9-6-13-32-21-11-10-18(25)14-17(21)2)27-28-24(29)33-16-23(30)26-19-7-5-8-20(15-19)31-3/h4-5,7-8,10-11,14-15H,1,6,9,12-13,16H2,2-3H3,(H,26,30). The number of ether oxygens (including phenoxy) is 2. The summed E-state index contributed by atoms with van der Waals surface area (Å²) in [5.41, 5.74) is 1.78. The minimum absolute atomic E-state index is 0.124. The molecule has 2 aromatic carbocycles. The van der Waals surface area contributed by atoms with E-state index < -0.39 is 0 Å². The van der Waals surface area contributed by atoms with Gasteiger partial charge in [-0.05, 0) is 49.2 Å². The summed E-state index contributed by atoms with van der Waals surface area (Å²) in [7, 11) is 1.59. The van der Waals surface area contributed by atoms with Gasteiger partial charge in [0.25, 0.3) is 0 Å². The molecular formula is C24H27BrN4O3S. The molecule has 1 aromatic heterocycles. The summed E-state index contributed by atoms with van der Waals surface area (Å²) in [6.45, 7) is 7.01. The van der Waals surface area contributed by atoms with Gasteiger partial charge in [0.1, 0.15) is 17.3 Å². The van der Waals surface area contributed by atoms with Gasteiger partial charge in [0, 0.05) is 29.2 Å². The molecular weight excluding hydrogens is 504 g/mol. The van der Waals surface area contributed by atoms with E-state index in [1.807, 2.05) is 47.9 Å². The number of carbonyl (C=O) groups excluding carboxylic acids is 1. The molecule has 0 fully saturated rings. The maximum absolute atomic E-state index is 12.4. The van der Waals surface area contributed by atoms with Crippen LogP contribution < -0.4 is 14.8 Å². The molecule has 9 heteroatoms. The number of hydrogen-bond donors (Lipinski definition) is 1. The molecule has 0 aliphatic heterocycles. The molecule has 3 rings (SSSR count). The predicted octanol–water partition coefficient (Wildman–Crippen LogP) is 5.29. The Morgan fingerprint density at radius 2 is 2.12 bits per heavy atom. The van der Waals surface area contributed by atoms with E-state index in [0.29, 0.717) is 36.2 Å². The first-order valence-corrected chi connectivity index (χ1v) is 12.3. The summed E-state index contributed by atoms with van der Waals surface area (Å²) in [5, 5.41) is 12.2. The number of rotatable bonds is 12. The van der Waals surface area contributed by atoms with Crippen LogP contribution in [-0.2, 0) is 17.8 Å². The number of thioether (sulfide) groups is 1. The fourth-order valence-electron chi connectivity index (χ4n) is 3.14. The van der Waals surface area contributed by atoms with Crippen LogP contribution in [0.2, 0.25) is 0 Å². The smallest absolute Gasteiger partial charge is 0.234 e. The van der Waals surface area contributed by atoms with Crippen LogP contribution in [0, 0.1) is 6.92 Å². The highest BCUT2D eigenvalue weighted by molar-refractivity contribution is 9.10. The van der Waals surface area contributed by atoms with Crippen LogP contribution in [0.25, 0.3) is 0 Å². The van der Waals surface area contributed by atoms with Gasteiger partial charge in [0.15, 0.2) is 5.16 Å². The number of aromatic nitrogens is 3. The van der Waals surface area contributed by atoms with Crippen molar-refractivity contribution in [3.05, 3.63) is 71.0 Å². The van der Waals surface area contributed by atoms with Crippen molar-refractivity contribution in [2.75, 3.05) is 24.8 Å². The molecule has 0 aliphatic carbocycles. The van der Waals surface area contributed by atoms with Gasteiger partial charge in [-0.25, -0.2) is 0 Å². The molecule has 0 aliphatic rings. The normalized spacial score (nSPS) is 10.6. The lowest BCUT2D eigenvalue weighted by atomic mass is 10.2. The molecule has 0 bridgehead atoms. The Hall–Kier alpha value is -2.78. The third kappa shape index (κ3) is 7.36. The predicted molar refractivity (Wildman–Crippen MR) is 135 cm³/mol. The summed E-state index contributed by atoms with van der Waals surface area (Å²) >= 11 is 4.81. The summed E-state index contributed by atoms with van der Waals surface area (Å²) in [5.74, 6) is 2.51. The molecule has 0 atom stereocenters. The van der Waals surface area contributed by atoms with Crippen LogP contribution in [0.15, 0.2) is 64.7 Å². The van der Waals surface area contributed by atoms with Crippen molar-refractivity contribution in [2.24, 2.45) is 0 Å². The lowest BCUT2D eigenvalue weighted by Gasteiger charge is -2.10. The molecule has 174 valence electrons. The number of halogens is 1. The number of aryl methyl sites for hydroxylation is 2. The van der Waals surface area contributed by atoms with Crippen LogP contribution in [-0.4, -0.2) is 40.1 Å². The van der Waals surface area contributed by atoms with Crippen molar-refractivity contribution in [2.45, 2.75) is 31.5 Å². The van der Waals surface area contributed by atoms with Gasteiger partial charge in [-0.2, -0.15) is 0 Å². The van der Waals surface area contributed by atoms with Gasteiger partial charge in [0.2, 0.25) is 5.91 Å². The fourth-order valence-corrected chi connectivity index (χ4v) is 4.38. The summed E-state index contributed by atoms with van der Waals surface area (Å²) < 4.78 is 14.1. The van der Waals surface area contributed by atoms with Crippen molar-refractivity contribution in [1.29, 1.82) is 0 Å². The molecule has 1 amide bonds. The zero-order chi connectivity index (χ0) is 23.6. The van der Waals surface area contributed by atoms with Crippen molar-refractivity contribution in [3.8, 4) is 11.5 Å². The van der Waals surface area contributed by atoms with E-state index in [1.54, 1.807) is 19.3 Å². The van der Waals surface area contributed by atoms with Crippen molar-refractivity contribution < 1.29 is 14.3 Å². The summed E-state index contributed by atoms with van der Waals surface area (Å²) in [6, 6.07) is 13.2.